The molecule has 1 fully saturated rings. The number of fused-ring (bicyclic) bond motifs is 2. The average molecular weight is 533 g/mol. The number of rotatable bonds is 7. The first kappa shape index (κ1) is 25.8. The fraction of sp³-hybridized carbons (Fsp3) is 0.296. The summed E-state index contributed by atoms with van der Waals surface area (Å²) >= 11 is 0. The summed E-state index contributed by atoms with van der Waals surface area (Å²) in [5.74, 6) is -2.82. The van der Waals surface area contributed by atoms with E-state index >= 15 is 0 Å². The van der Waals surface area contributed by atoms with Crippen LogP contribution in [0.25, 0.3) is 11.0 Å². The van der Waals surface area contributed by atoms with Crippen LogP contribution in [0.15, 0.2) is 51.7 Å². The number of nitrogens with one attached hydrogen (secondary N) is 1. The normalized spacial score (nSPS) is 15.3. The topological polar surface area (TPSA) is 166 Å². The summed E-state index contributed by atoms with van der Waals surface area (Å²) in [6, 6.07) is 9.51. The van der Waals surface area contributed by atoms with Gasteiger partial charge in [0, 0.05) is 30.1 Å². The van der Waals surface area contributed by atoms with Crippen LogP contribution in [0, 0.1) is 10.1 Å². The molecule has 1 N–H and O–H groups in total. The molecule has 1 aliphatic heterocycles. The second kappa shape index (κ2) is 10.5. The van der Waals surface area contributed by atoms with Crippen LogP contribution in [0.3, 0.4) is 0 Å². The molecule has 0 saturated heterocycles. The van der Waals surface area contributed by atoms with Gasteiger partial charge in [0.25, 0.3) is 23.4 Å². The van der Waals surface area contributed by atoms with Gasteiger partial charge >= 0.3 is 11.6 Å². The summed E-state index contributed by atoms with van der Waals surface area (Å²) in [6.07, 6.45) is 4.55. The summed E-state index contributed by atoms with van der Waals surface area (Å²) in [5.41, 5.74) is -1.72. The molecule has 3 aromatic rings. The zero-order valence-corrected chi connectivity index (χ0v) is 20.6. The lowest BCUT2D eigenvalue weighted by atomic mass is 9.95. The molecular weight excluding hydrogens is 510 g/mol. The Labute approximate surface area is 220 Å². The molecule has 3 amide bonds. The lowest BCUT2D eigenvalue weighted by molar-refractivity contribution is -0.385. The summed E-state index contributed by atoms with van der Waals surface area (Å²) < 4.78 is 10.6. The Kier molecular flexibility index (Phi) is 6.92. The Morgan fingerprint density at radius 3 is 2.56 bits per heavy atom. The van der Waals surface area contributed by atoms with Gasteiger partial charge in [0.2, 0.25) is 0 Å². The molecule has 0 radical (unpaired) electrons. The number of ether oxygens (including phenoxy) is 1. The first-order valence-electron chi connectivity index (χ1n) is 12.5. The quantitative estimate of drug-likeness (QED) is 0.120. The fourth-order valence-corrected chi connectivity index (χ4v) is 4.88. The second-order valence-corrected chi connectivity index (χ2v) is 9.40. The van der Waals surface area contributed by atoms with Crippen molar-refractivity contribution in [2.45, 2.75) is 44.6 Å². The highest BCUT2D eigenvalue weighted by atomic mass is 16.6. The third-order valence-corrected chi connectivity index (χ3v) is 6.84. The number of amides is 3. The van der Waals surface area contributed by atoms with Crippen molar-refractivity contribution >= 4 is 40.3 Å². The highest BCUT2D eigenvalue weighted by Crippen LogP contribution is 2.31. The monoisotopic (exact) mass is 533 g/mol. The SMILES string of the molecule is O=C(CCN1C(=O)c2cccc([N+](=O)[O-])c2C1=O)Oc1ccc2cc(C(=O)NC3CCCCC3)c(=O)oc2c1. The number of nitro benzene ring substituents is 1. The molecule has 1 aliphatic carbocycles. The fourth-order valence-electron chi connectivity index (χ4n) is 4.88. The maximum atomic E-state index is 12.6. The van der Waals surface area contributed by atoms with Gasteiger partial charge < -0.3 is 14.5 Å². The van der Waals surface area contributed by atoms with E-state index in [-0.39, 0.29) is 47.0 Å². The molecule has 0 unspecified atom stereocenters. The van der Waals surface area contributed by atoms with Crippen LogP contribution in [-0.4, -0.2) is 46.1 Å². The Hall–Kier alpha value is -4.87. The van der Waals surface area contributed by atoms with Crippen molar-refractivity contribution in [3.63, 3.8) is 0 Å². The number of carbonyl (C=O) groups excluding carboxylic acids is 4. The molecular formula is C27H23N3O9. The molecule has 5 rings (SSSR count). The van der Waals surface area contributed by atoms with Crippen molar-refractivity contribution in [2.75, 3.05) is 6.54 Å². The number of hydrogen-bond donors (Lipinski definition) is 1. The lowest BCUT2D eigenvalue weighted by Gasteiger charge is -2.22. The Balaban J connectivity index is 1.24. The predicted octanol–water partition coefficient (Wildman–Crippen LogP) is 3.36. The third-order valence-electron chi connectivity index (χ3n) is 6.84. The average Bonchev–Trinajstić information content (AvgIpc) is 3.16. The van der Waals surface area contributed by atoms with Crippen molar-refractivity contribution in [2.24, 2.45) is 0 Å². The minimum Gasteiger partial charge on any atom is -0.426 e. The largest absolute Gasteiger partial charge is 0.426 e. The van der Waals surface area contributed by atoms with Gasteiger partial charge in [-0.1, -0.05) is 25.3 Å². The number of esters is 1. The third kappa shape index (κ3) is 5.13. The molecule has 200 valence electrons. The zero-order valence-electron chi connectivity index (χ0n) is 20.6. The molecule has 39 heavy (non-hydrogen) atoms. The van der Waals surface area contributed by atoms with Gasteiger partial charge in [0.1, 0.15) is 22.5 Å². The van der Waals surface area contributed by atoms with Crippen molar-refractivity contribution in [3.8, 4) is 5.75 Å². The molecule has 12 heteroatoms. The molecule has 2 heterocycles. The number of nitro groups is 1. The van der Waals surface area contributed by atoms with Gasteiger partial charge in [-0.05, 0) is 37.1 Å². The standard InChI is InChI=1S/C27H23N3O9/c31-22(11-12-29-25(33)18-7-4-8-20(30(36)37)23(18)26(29)34)38-17-10-9-15-13-19(27(35)39-21(15)14-17)24(32)28-16-5-2-1-3-6-16/h4,7-10,13-14,16H,1-3,5-6,11-12H2,(H,28,32). The number of hydrogen-bond acceptors (Lipinski definition) is 9. The molecule has 0 atom stereocenters. The van der Waals surface area contributed by atoms with Gasteiger partial charge in [0.15, 0.2) is 0 Å². The first-order valence-corrected chi connectivity index (χ1v) is 12.5. The second-order valence-electron chi connectivity index (χ2n) is 9.40. The van der Waals surface area contributed by atoms with Crippen LogP contribution in [0.4, 0.5) is 5.69 Å². The van der Waals surface area contributed by atoms with E-state index in [1.54, 1.807) is 0 Å². The van der Waals surface area contributed by atoms with E-state index in [0.717, 1.165) is 43.1 Å². The summed E-state index contributed by atoms with van der Waals surface area (Å²) in [7, 11) is 0. The number of benzene rings is 2. The van der Waals surface area contributed by atoms with E-state index in [1.807, 2.05) is 0 Å². The Morgan fingerprint density at radius 2 is 1.82 bits per heavy atom. The van der Waals surface area contributed by atoms with Crippen LogP contribution in [0.2, 0.25) is 0 Å². The van der Waals surface area contributed by atoms with E-state index < -0.39 is 39.9 Å². The molecule has 0 spiro atoms. The van der Waals surface area contributed by atoms with E-state index in [4.69, 9.17) is 9.15 Å². The zero-order chi connectivity index (χ0) is 27.7. The Bertz CT molecular complexity index is 1590. The van der Waals surface area contributed by atoms with Crippen molar-refractivity contribution in [1.29, 1.82) is 0 Å². The molecule has 12 nitrogen and oxygen atoms in total. The number of imide groups is 1. The van der Waals surface area contributed by atoms with Gasteiger partial charge in [-0.3, -0.25) is 34.2 Å². The minimum atomic E-state index is -0.856. The van der Waals surface area contributed by atoms with E-state index in [9.17, 15) is 34.1 Å². The van der Waals surface area contributed by atoms with Crippen molar-refractivity contribution in [3.05, 3.63) is 79.7 Å². The Morgan fingerprint density at radius 1 is 1.05 bits per heavy atom. The van der Waals surface area contributed by atoms with Gasteiger partial charge in [-0.2, -0.15) is 0 Å². The smallest absolute Gasteiger partial charge is 0.349 e. The molecule has 0 bridgehead atoms. The van der Waals surface area contributed by atoms with Gasteiger partial charge in [0.05, 0.1) is 16.9 Å². The van der Waals surface area contributed by atoms with E-state index in [2.05, 4.69) is 5.32 Å². The molecule has 2 aromatic carbocycles. The summed E-state index contributed by atoms with van der Waals surface area (Å²) in [6.45, 7) is -0.343. The maximum absolute atomic E-state index is 12.6. The first-order chi connectivity index (χ1) is 18.7. The maximum Gasteiger partial charge on any atom is 0.349 e. The minimum absolute atomic E-state index is 0.0265. The van der Waals surface area contributed by atoms with Crippen LogP contribution >= 0.6 is 0 Å². The predicted molar refractivity (Wildman–Crippen MR) is 136 cm³/mol. The van der Waals surface area contributed by atoms with Crippen LogP contribution in [0.1, 0.15) is 69.6 Å². The van der Waals surface area contributed by atoms with Crippen molar-refractivity contribution in [1.82, 2.24) is 10.2 Å². The molecule has 1 saturated carbocycles. The lowest BCUT2D eigenvalue weighted by Crippen LogP contribution is -2.38. The van der Waals surface area contributed by atoms with Crippen LogP contribution in [0.5, 0.6) is 5.75 Å². The van der Waals surface area contributed by atoms with E-state index in [1.165, 1.54) is 36.4 Å². The molecule has 1 aromatic heterocycles. The highest BCUT2D eigenvalue weighted by molar-refractivity contribution is 6.23. The van der Waals surface area contributed by atoms with Crippen LogP contribution in [-0.2, 0) is 4.79 Å². The van der Waals surface area contributed by atoms with Crippen LogP contribution < -0.4 is 15.7 Å². The van der Waals surface area contributed by atoms with Gasteiger partial charge in [-0.25, -0.2) is 4.79 Å². The number of carbonyl (C=O) groups is 4. The van der Waals surface area contributed by atoms with E-state index in [0.29, 0.717) is 5.39 Å². The summed E-state index contributed by atoms with van der Waals surface area (Å²) in [4.78, 5) is 74.0. The highest BCUT2D eigenvalue weighted by Gasteiger charge is 2.40. The van der Waals surface area contributed by atoms with Crippen molar-refractivity contribution < 1.29 is 33.3 Å². The molecule has 2 aliphatic rings. The number of nitrogens with zero attached hydrogens (tertiary/aromatic N) is 2. The van der Waals surface area contributed by atoms with Gasteiger partial charge in [-0.15, -0.1) is 0 Å². The summed E-state index contributed by atoms with van der Waals surface area (Å²) in [5, 5.41) is 14.6.